The normalized spacial score (nSPS) is 13.0. The number of pyridine rings is 3. The van der Waals surface area contributed by atoms with E-state index >= 15 is 0 Å². The maximum Gasteiger partial charge on any atom is 0.345 e. The van der Waals surface area contributed by atoms with Gasteiger partial charge in [-0.05, 0) is 138 Å². The van der Waals surface area contributed by atoms with Crippen molar-refractivity contribution in [1.82, 2.24) is 75.2 Å². The maximum absolute atomic E-state index is 14.3. The number of alkyl halides is 6. The van der Waals surface area contributed by atoms with Crippen LogP contribution in [0.3, 0.4) is 0 Å². The number of benzene rings is 6. The molecule has 12 aromatic rings. The predicted octanol–water partition coefficient (Wildman–Crippen LogP) is 15.5. The van der Waals surface area contributed by atoms with E-state index in [1.54, 1.807) is 65.4 Å². The van der Waals surface area contributed by atoms with Gasteiger partial charge in [0.05, 0.1) is 41.6 Å². The van der Waals surface area contributed by atoms with Crippen LogP contribution >= 0.6 is 34.8 Å². The highest BCUT2D eigenvalue weighted by molar-refractivity contribution is 6.32. The average Bonchev–Trinajstić information content (AvgIpc) is 1.57. The van der Waals surface area contributed by atoms with Gasteiger partial charge < -0.3 is 44.4 Å². The highest BCUT2D eigenvalue weighted by Crippen LogP contribution is 2.38. The summed E-state index contributed by atoms with van der Waals surface area (Å²) >= 11 is 19.0. The number of fused-ring (bicyclic) bond motifs is 3. The summed E-state index contributed by atoms with van der Waals surface area (Å²) in [7, 11) is 3.55. The third kappa shape index (κ3) is 20.9. The molecule has 3 atom stereocenters. The number of hydrogen-bond donors (Lipinski definition) is 3. The number of para-hydroxylation sites is 3. The van der Waals surface area contributed by atoms with Gasteiger partial charge in [-0.25, -0.2) is 57.1 Å². The summed E-state index contributed by atoms with van der Waals surface area (Å²) in [4.78, 5) is 62.8. The minimum absolute atomic E-state index is 0.0166. The van der Waals surface area contributed by atoms with Gasteiger partial charge in [-0.1, -0.05) is 71.2 Å². The Kier molecular flexibility index (Phi) is 26.5. The molecular formula is C75H69Cl3F9N15O9. The first-order chi connectivity index (χ1) is 53.5. The van der Waals surface area contributed by atoms with E-state index in [-0.39, 0.29) is 57.1 Å². The summed E-state index contributed by atoms with van der Waals surface area (Å²) in [6.07, 6.45) is 4.37. The van der Waals surface area contributed by atoms with Gasteiger partial charge in [0, 0.05) is 75.2 Å². The van der Waals surface area contributed by atoms with E-state index in [0.717, 1.165) is 69.0 Å². The first-order valence-electron chi connectivity index (χ1n) is 34.3. The van der Waals surface area contributed by atoms with Crippen molar-refractivity contribution in [1.29, 1.82) is 0 Å². The number of ether oxygens (including phenoxy) is 6. The fourth-order valence-corrected chi connectivity index (χ4v) is 12.5. The van der Waals surface area contributed by atoms with Crippen molar-refractivity contribution >= 4 is 85.2 Å². The summed E-state index contributed by atoms with van der Waals surface area (Å²) in [6, 6.07) is 23.7. The SMILES string of the molecule is Cc1cc(-n2ncnc2C)c2cccc(OCc3c(Cl)cc(F)cc3[C@H](C)NC(=O)COC(F)F)c2n1.[2H][C@@](C)(NC(=O)COC(F)F)c1cc(F)cc(Cl)c1COc1cccc2c(-c3ncnn3C)cc(C)nc12.[2H][C@@](C)(NC(=O)COC(F)F)c1cc(F)cc(Cl)c1COc1cccc2c(-c3ncnn3C)cc(C)nc12. The lowest BCUT2D eigenvalue weighted by molar-refractivity contribution is -0.152. The van der Waals surface area contributed by atoms with E-state index < -0.39 is 92.9 Å². The van der Waals surface area contributed by atoms with Crippen LogP contribution in [-0.2, 0) is 62.5 Å². The minimum Gasteiger partial charge on any atom is -0.487 e. The first kappa shape index (κ1) is 79.5. The van der Waals surface area contributed by atoms with Gasteiger partial charge in [-0.2, -0.15) is 41.6 Å². The Labute approximate surface area is 645 Å². The van der Waals surface area contributed by atoms with Gasteiger partial charge in [0.1, 0.15) is 116 Å². The zero-order valence-corrected chi connectivity index (χ0v) is 62.5. The number of carbonyl (C=O) groups is 3. The quantitative estimate of drug-likeness (QED) is 0.0404. The third-order valence-electron chi connectivity index (χ3n) is 16.6. The lowest BCUT2D eigenvalue weighted by atomic mass is 10.0. The van der Waals surface area contributed by atoms with Crippen molar-refractivity contribution < 1.29 is 85.1 Å². The molecule has 3 N–H and O–H groups in total. The van der Waals surface area contributed by atoms with Crippen molar-refractivity contribution in [3.05, 3.63) is 217 Å². The molecule has 24 nitrogen and oxygen atoms in total. The fraction of sp³-hybridized carbons (Fsp3) is 0.280. The van der Waals surface area contributed by atoms with Crippen LogP contribution in [0.15, 0.2) is 128 Å². The Morgan fingerprint density at radius 2 is 0.820 bits per heavy atom. The van der Waals surface area contributed by atoms with E-state index in [4.69, 9.17) is 51.8 Å². The molecule has 0 fully saturated rings. The maximum atomic E-state index is 14.3. The zero-order chi connectivity index (χ0) is 81.9. The van der Waals surface area contributed by atoms with Crippen molar-refractivity contribution in [3.63, 3.8) is 0 Å². The Hall–Kier alpha value is -11.1. The Balaban J connectivity index is 0.000000180. The van der Waals surface area contributed by atoms with Crippen LogP contribution in [0.5, 0.6) is 17.2 Å². The molecule has 6 aromatic carbocycles. The summed E-state index contributed by atoms with van der Waals surface area (Å²) in [5, 5.41) is 21.9. The standard InChI is InChI=1S/3C25H23ClF3N5O3/c2*1-13-7-18(24-30-12-31-34(24)3)16-5-4-6-21(23(16)32-13)36-10-19-17(8-15(27)9-20(19)26)14(2)33-22(35)11-37-25(28)29;1-13-7-21(34-15(3)30-12-31-34)17-5-4-6-22(24(17)32-13)36-10-19-18(8-16(27)9-20(19)26)14(2)33-23(35)11-37-25(28)29/h3*4-9,12,14,25H,10-11H2,1-3H3,(H,33,35)/t3*14-/m000/s1/i2*14D;. The number of carbonyl (C=O) groups excluding carboxylic acids is 3. The number of hydrogen-bond acceptors (Lipinski definition) is 18. The second-order valence-corrected chi connectivity index (χ2v) is 25.7. The molecule has 0 aliphatic carbocycles. The average molecular weight is 1600 g/mol. The molecule has 0 saturated heterocycles. The van der Waals surface area contributed by atoms with Crippen LogP contribution in [0.4, 0.5) is 39.5 Å². The van der Waals surface area contributed by atoms with E-state index in [2.05, 4.69) is 75.4 Å². The van der Waals surface area contributed by atoms with Crippen molar-refractivity contribution in [2.24, 2.45) is 14.1 Å². The molecule has 36 heteroatoms. The monoisotopic (exact) mass is 1600 g/mol. The molecule has 0 saturated carbocycles. The Morgan fingerprint density at radius 3 is 1.19 bits per heavy atom. The van der Waals surface area contributed by atoms with E-state index in [1.165, 1.54) is 38.9 Å². The number of rotatable bonds is 27. The molecule has 582 valence electrons. The van der Waals surface area contributed by atoms with E-state index in [0.29, 0.717) is 73.8 Å². The van der Waals surface area contributed by atoms with Crippen LogP contribution in [0.1, 0.15) is 97.9 Å². The van der Waals surface area contributed by atoms with Gasteiger partial charge in [-0.3, -0.25) is 14.4 Å². The molecular weight excluding hydrogens is 1530 g/mol. The van der Waals surface area contributed by atoms with Gasteiger partial charge in [0.2, 0.25) is 17.7 Å². The molecule has 6 heterocycles. The van der Waals surface area contributed by atoms with Crippen LogP contribution < -0.4 is 30.2 Å². The summed E-state index contributed by atoms with van der Waals surface area (Å²) in [5.74, 6) is -1.67. The lowest BCUT2D eigenvalue weighted by Gasteiger charge is -2.20. The van der Waals surface area contributed by atoms with Gasteiger partial charge in [0.15, 0.2) is 11.6 Å². The number of amides is 3. The number of aryl methyl sites for hydroxylation is 6. The molecule has 0 bridgehead atoms. The highest BCUT2D eigenvalue weighted by atomic mass is 35.5. The Morgan fingerprint density at radius 1 is 0.468 bits per heavy atom. The molecule has 0 aliphatic rings. The number of nitrogens with zero attached hydrogens (tertiary/aromatic N) is 12. The van der Waals surface area contributed by atoms with Crippen LogP contribution in [0, 0.1) is 45.1 Å². The molecule has 0 unspecified atom stereocenters. The molecule has 6 aromatic heterocycles. The van der Waals surface area contributed by atoms with Crippen LogP contribution in [-0.4, -0.2) is 117 Å². The largest absolute Gasteiger partial charge is 0.487 e. The van der Waals surface area contributed by atoms with Crippen LogP contribution in [0.2, 0.25) is 15.1 Å². The number of aromatic nitrogens is 12. The number of halogens is 12. The summed E-state index contributed by atoms with van der Waals surface area (Å²) < 4.78 is 169. The van der Waals surface area contributed by atoms with E-state index in [1.807, 2.05) is 70.2 Å². The topological polar surface area (TPSA) is 273 Å². The molecule has 0 aliphatic heterocycles. The molecule has 3 amide bonds. The van der Waals surface area contributed by atoms with E-state index in [9.17, 15) is 53.9 Å². The van der Waals surface area contributed by atoms with Crippen molar-refractivity contribution in [3.8, 4) is 45.7 Å². The number of nitrogens with one attached hydrogen (secondary N) is 3. The van der Waals surface area contributed by atoms with Gasteiger partial charge >= 0.3 is 19.8 Å². The fourth-order valence-electron chi connectivity index (χ4n) is 11.7. The van der Waals surface area contributed by atoms with Gasteiger partial charge in [-0.15, -0.1) is 0 Å². The van der Waals surface area contributed by atoms with Crippen LogP contribution in [0.25, 0.3) is 61.2 Å². The molecule has 0 spiro atoms. The first-order valence-corrected chi connectivity index (χ1v) is 34.4. The second kappa shape index (κ2) is 37.1. The third-order valence-corrected chi connectivity index (χ3v) is 17.6. The molecule has 111 heavy (non-hydrogen) atoms. The predicted molar refractivity (Wildman–Crippen MR) is 392 cm³/mol. The van der Waals surface area contributed by atoms with Crippen molar-refractivity contribution in [2.45, 2.75) is 106 Å². The van der Waals surface area contributed by atoms with Crippen molar-refractivity contribution in [2.75, 3.05) is 19.8 Å². The molecule has 0 radical (unpaired) electrons. The highest BCUT2D eigenvalue weighted by Gasteiger charge is 2.26. The minimum atomic E-state index is -3.16. The summed E-state index contributed by atoms with van der Waals surface area (Å²) in [6.45, 7) is -1.23. The Bertz CT molecular complexity index is 5270. The lowest BCUT2D eigenvalue weighted by Crippen LogP contribution is -2.31. The zero-order valence-electron chi connectivity index (χ0n) is 62.3. The second-order valence-electron chi connectivity index (χ2n) is 24.5. The van der Waals surface area contributed by atoms with Gasteiger partial charge in [0.25, 0.3) is 0 Å². The molecule has 12 rings (SSSR count). The smallest absolute Gasteiger partial charge is 0.345 e. The summed E-state index contributed by atoms with van der Waals surface area (Å²) in [5.41, 5.74) is 7.34.